The van der Waals surface area contributed by atoms with Gasteiger partial charge in [-0.15, -0.1) is 0 Å². The lowest BCUT2D eigenvalue weighted by atomic mass is 10.2. The molecule has 0 amide bonds. The largest absolute Gasteiger partial charge is 0.306 e. The Morgan fingerprint density at radius 1 is 1.22 bits per heavy atom. The number of rotatable bonds is 7. The van der Waals surface area contributed by atoms with Gasteiger partial charge in [-0.2, -0.15) is 0 Å². The normalized spacial score (nSPS) is 10.8. The highest BCUT2D eigenvalue weighted by molar-refractivity contribution is 5.93. The van der Waals surface area contributed by atoms with Gasteiger partial charge in [0.2, 0.25) is 5.78 Å². The Morgan fingerprint density at radius 3 is 2.44 bits per heavy atom. The van der Waals surface area contributed by atoms with Crippen LogP contribution in [0.3, 0.4) is 0 Å². The first-order valence-electron chi connectivity index (χ1n) is 5.94. The van der Waals surface area contributed by atoms with Gasteiger partial charge in [-0.25, -0.2) is 0 Å². The van der Waals surface area contributed by atoms with E-state index in [1.807, 2.05) is 37.0 Å². The molecular formula is C14H22N2O2. The van der Waals surface area contributed by atoms with Crippen LogP contribution >= 0.6 is 0 Å². The van der Waals surface area contributed by atoms with E-state index in [2.05, 4.69) is 11.8 Å². The Bertz CT molecular complexity index is 362. The van der Waals surface area contributed by atoms with E-state index in [0.29, 0.717) is 19.5 Å². The van der Waals surface area contributed by atoms with Crippen LogP contribution in [0.4, 0.5) is 0 Å². The van der Waals surface area contributed by atoms with E-state index in [9.17, 15) is 9.59 Å². The Labute approximate surface area is 110 Å². The summed E-state index contributed by atoms with van der Waals surface area (Å²) >= 11 is 0. The Balaban J connectivity index is 3.82. The average Bonchev–Trinajstić information content (AvgIpc) is 2.25. The third kappa shape index (κ3) is 11.1. The van der Waals surface area contributed by atoms with Gasteiger partial charge in [0.1, 0.15) is 0 Å². The van der Waals surface area contributed by atoms with Gasteiger partial charge in [0.05, 0.1) is 6.54 Å². The molecule has 100 valence electrons. The summed E-state index contributed by atoms with van der Waals surface area (Å²) in [4.78, 5) is 26.0. The van der Waals surface area contributed by atoms with Crippen LogP contribution < -0.4 is 0 Å². The van der Waals surface area contributed by atoms with Gasteiger partial charge in [-0.1, -0.05) is 12.0 Å². The van der Waals surface area contributed by atoms with Gasteiger partial charge < -0.3 is 4.90 Å². The summed E-state index contributed by atoms with van der Waals surface area (Å²) in [5.74, 6) is 5.21. The number of hydrogen-bond donors (Lipinski definition) is 0. The lowest BCUT2D eigenvalue weighted by Gasteiger charge is -2.11. The van der Waals surface area contributed by atoms with Crippen molar-refractivity contribution in [3.63, 3.8) is 0 Å². The van der Waals surface area contributed by atoms with Crippen LogP contribution in [0.15, 0.2) is 12.2 Å². The summed E-state index contributed by atoms with van der Waals surface area (Å²) in [6, 6.07) is 0. The monoisotopic (exact) mass is 250 g/mol. The van der Waals surface area contributed by atoms with Gasteiger partial charge >= 0.3 is 0 Å². The van der Waals surface area contributed by atoms with Crippen LogP contribution in [-0.4, -0.2) is 62.1 Å². The van der Waals surface area contributed by atoms with Gasteiger partial charge in [0.25, 0.3) is 0 Å². The highest BCUT2D eigenvalue weighted by Gasteiger charge is 2.00. The maximum atomic E-state index is 11.5. The van der Waals surface area contributed by atoms with Crippen LogP contribution in [0.25, 0.3) is 0 Å². The first kappa shape index (κ1) is 16.6. The zero-order chi connectivity index (χ0) is 14.0. The standard InChI is InChI=1S/C14H22N2O2/c1-13(17)7-5-11-16(4)12-9-14(18)8-6-10-15(2)3/h6,8H,9-12H2,1-4H3/b8-6-. The molecule has 0 aliphatic carbocycles. The van der Waals surface area contributed by atoms with Crippen molar-refractivity contribution in [1.82, 2.24) is 9.80 Å². The number of nitrogens with zero attached hydrogens (tertiary/aromatic N) is 2. The first-order valence-corrected chi connectivity index (χ1v) is 5.94. The summed E-state index contributed by atoms with van der Waals surface area (Å²) in [5.41, 5.74) is 0. The molecule has 0 unspecified atom stereocenters. The van der Waals surface area contributed by atoms with E-state index >= 15 is 0 Å². The summed E-state index contributed by atoms with van der Waals surface area (Å²) in [5, 5.41) is 0. The molecule has 18 heavy (non-hydrogen) atoms. The SMILES string of the molecule is CC(=O)C#CCN(C)CCC(=O)/C=C\CN(C)C. The van der Waals surface area contributed by atoms with E-state index in [1.165, 1.54) is 6.92 Å². The van der Waals surface area contributed by atoms with Gasteiger partial charge in [0, 0.05) is 26.4 Å². The molecule has 0 aliphatic heterocycles. The van der Waals surface area contributed by atoms with Crippen LogP contribution in [0.5, 0.6) is 0 Å². The molecule has 0 heterocycles. The van der Waals surface area contributed by atoms with Crippen molar-refractivity contribution in [1.29, 1.82) is 0 Å². The summed E-state index contributed by atoms with van der Waals surface area (Å²) < 4.78 is 0. The molecule has 0 aromatic rings. The number of hydrogen-bond acceptors (Lipinski definition) is 4. The van der Waals surface area contributed by atoms with Crippen LogP contribution in [0.2, 0.25) is 0 Å². The van der Waals surface area contributed by atoms with Crippen LogP contribution in [0.1, 0.15) is 13.3 Å². The minimum Gasteiger partial charge on any atom is -0.306 e. The number of ketones is 2. The van der Waals surface area contributed by atoms with E-state index in [1.54, 1.807) is 6.08 Å². The minimum atomic E-state index is -0.133. The zero-order valence-corrected chi connectivity index (χ0v) is 11.7. The second-order valence-corrected chi connectivity index (χ2v) is 4.48. The van der Waals surface area contributed by atoms with Gasteiger partial charge in [-0.3, -0.25) is 14.5 Å². The molecule has 0 radical (unpaired) electrons. The number of carbonyl (C=O) groups excluding carboxylic acids is 2. The molecule has 0 saturated heterocycles. The summed E-state index contributed by atoms with van der Waals surface area (Å²) in [6.45, 7) is 3.36. The Hall–Kier alpha value is -1.44. The maximum absolute atomic E-state index is 11.5. The molecule has 0 atom stereocenters. The fourth-order valence-electron chi connectivity index (χ4n) is 1.16. The van der Waals surface area contributed by atoms with Crippen molar-refractivity contribution in [2.24, 2.45) is 0 Å². The smallest absolute Gasteiger partial charge is 0.202 e. The van der Waals surface area contributed by atoms with Crippen molar-refractivity contribution in [3.8, 4) is 11.8 Å². The zero-order valence-electron chi connectivity index (χ0n) is 11.7. The second kappa shape index (κ2) is 9.58. The maximum Gasteiger partial charge on any atom is 0.202 e. The molecule has 0 bridgehead atoms. The lowest BCUT2D eigenvalue weighted by Crippen LogP contribution is -2.22. The Morgan fingerprint density at radius 2 is 1.89 bits per heavy atom. The van der Waals surface area contributed by atoms with Gasteiger partial charge in [0.15, 0.2) is 5.78 Å². The molecule has 0 N–H and O–H groups in total. The second-order valence-electron chi connectivity index (χ2n) is 4.48. The van der Waals surface area contributed by atoms with Crippen molar-refractivity contribution < 1.29 is 9.59 Å². The van der Waals surface area contributed by atoms with Crippen molar-refractivity contribution >= 4 is 11.6 Å². The number of carbonyl (C=O) groups is 2. The average molecular weight is 250 g/mol. The van der Waals surface area contributed by atoms with Crippen LogP contribution in [-0.2, 0) is 9.59 Å². The predicted molar refractivity (Wildman–Crippen MR) is 73.3 cm³/mol. The molecular weight excluding hydrogens is 228 g/mol. The quantitative estimate of drug-likeness (QED) is 0.377. The van der Waals surface area contributed by atoms with E-state index in [-0.39, 0.29) is 11.6 Å². The highest BCUT2D eigenvalue weighted by Crippen LogP contribution is 1.91. The minimum absolute atomic E-state index is 0.114. The summed E-state index contributed by atoms with van der Waals surface area (Å²) in [6.07, 6.45) is 3.95. The summed E-state index contributed by atoms with van der Waals surface area (Å²) in [7, 11) is 5.79. The third-order valence-electron chi connectivity index (χ3n) is 2.13. The molecule has 0 rings (SSSR count). The molecule has 4 nitrogen and oxygen atoms in total. The van der Waals surface area contributed by atoms with Gasteiger partial charge in [-0.05, 0) is 33.1 Å². The topological polar surface area (TPSA) is 40.6 Å². The molecule has 4 heteroatoms. The number of Topliss-reactive ketones (excluding diaryl/α,β-unsaturated/α-hetero) is 1. The number of allylic oxidation sites excluding steroid dienone is 1. The van der Waals surface area contributed by atoms with Crippen molar-refractivity contribution in [2.75, 3.05) is 40.8 Å². The van der Waals surface area contributed by atoms with Crippen molar-refractivity contribution in [2.45, 2.75) is 13.3 Å². The van der Waals surface area contributed by atoms with E-state index in [0.717, 1.165) is 6.54 Å². The number of likely N-dealkylation sites (N-methyl/N-ethyl adjacent to an activating group) is 1. The van der Waals surface area contributed by atoms with E-state index in [4.69, 9.17) is 0 Å². The Kier molecular flexibility index (Phi) is 8.81. The molecule has 0 aromatic heterocycles. The lowest BCUT2D eigenvalue weighted by molar-refractivity contribution is -0.115. The molecule has 0 spiro atoms. The fraction of sp³-hybridized carbons (Fsp3) is 0.571. The van der Waals surface area contributed by atoms with Crippen molar-refractivity contribution in [3.05, 3.63) is 12.2 Å². The highest BCUT2D eigenvalue weighted by atomic mass is 16.1. The molecule has 0 fully saturated rings. The first-order chi connectivity index (χ1) is 8.41. The molecule has 0 aromatic carbocycles. The fourth-order valence-corrected chi connectivity index (χ4v) is 1.16. The molecule has 0 aliphatic rings. The molecule has 0 saturated carbocycles. The van der Waals surface area contributed by atoms with E-state index < -0.39 is 0 Å². The predicted octanol–water partition coefficient (Wildman–Crippen LogP) is 0.588. The van der Waals surface area contributed by atoms with Crippen LogP contribution in [0, 0.1) is 11.8 Å². The third-order valence-corrected chi connectivity index (χ3v) is 2.13.